The van der Waals surface area contributed by atoms with Crippen molar-refractivity contribution < 1.29 is 4.74 Å². The quantitative estimate of drug-likeness (QED) is 0.570. The fourth-order valence-corrected chi connectivity index (χ4v) is 4.20. The molecule has 1 aliphatic rings. The number of benzene rings is 2. The summed E-state index contributed by atoms with van der Waals surface area (Å²) in [7, 11) is 1.72. The lowest BCUT2D eigenvalue weighted by atomic mass is 9.99. The van der Waals surface area contributed by atoms with Gasteiger partial charge in [-0.05, 0) is 36.2 Å². The molecule has 0 amide bonds. The maximum absolute atomic E-state index is 5.66. The van der Waals surface area contributed by atoms with Crippen LogP contribution in [-0.4, -0.2) is 49.7 Å². The number of aromatic nitrogens is 1. The lowest BCUT2D eigenvalue weighted by Gasteiger charge is -2.36. The van der Waals surface area contributed by atoms with Gasteiger partial charge in [-0.25, -0.2) is 4.98 Å². The third-order valence-corrected chi connectivity index (χ3v) is 5.83. The third kappa shape index (κ3) is 5.17. The van der Waals surface area contributed by atoms with Crippen molar-refractivity contribution in [1.82, 2.24) is 9.88 Å². The normalized spacial score (nSPS) is 14.6. The number of ether oxygens (including phenoxy) is 1. The molecule has 31 heavy (non-hydrogen) atoms. The van der Waals surface area contributed by atoms with Gasteiger partial charge >= 0.3 is 0 Å². The molecule has 0 unspecified atom stereocenters. The number of nitrogens with zero attached hydrogens (tertiary/aromatic N) is 3. The third-order valence-electron chi connectivity index (χ3n) is 5.83. The number of nitrogens with one attached hydrogen (secondary N) is 1. The van der Waals surface area contributed by atoms with E-state index >= 15 is 0 Å². The van der Waals surface area contributed by atoms with E-state index in [1.165, 1.54) is 17.5 Å². The summed E-state index contributed by atoms with van der Waals surface area (Å²) in [6, 6.07) is 25.1. The molecule has 2 heterocycles. The van der Waals surface area contributed by atoms with Crippen LogP contribution in [0.15, 0.2) is 72.8 Å². The number of methoxy groups -OCH3 is 1. The minimum atomic E-state index is 0.0255. The molecule has 4 rings (SSSR count). The highest BCUT2D eigenvalue weighted by Crippen LogP contribution is 2.31. The Hall–Kier alpha value is -3.05. The number of rotatable bonds is 8. The fraction of sp³-hybridized carbons (Fsp3) is 0.346. The first-order chi connectivity index (χ1) is 15.3. The molecule has 3 aromatic rings. The Morgan fingerprint density at radius 1 is 0.871 bits per heavy atom. The van der Waals surface area contributed by atoms with Crippen molar-refractivity contribution >= 4 is 11.6 Å². The molecule has 0 atom stereocenters. The van der Waals surface area contributed by atoms with E-state index in [9.17, 15) is 0 Å². The van der Waals surface area contributed by atoms with Crippen LogP contribution in [0.3, 0.4) is 0 Å². The monoisotopic (exact) mass is 416 g/mol. The summed E-state index contributed by atoms with van der Waals surface area (Å²) in [6.07, 6.45) is 1.20. The second kappa shape index (κ2) is 10.3. The molecule has 1 aliphatic heterocycles. The molecule has 1 fully saturated rings. The van der Waals surface area contributed by atoms with Gasteiger partial charge in [-0.15, -0.1) is 0 Å². The molecule has 0 bridgehead atoms. The van der Waals surface area contributed by atoms with Gasteiger partial charge in [0.1, 0.15) is 5.82 Å². The zero-order chi connectivity index (χ0) is 21.5. The molecular weight excluding hydrogens is 384 g/mol. The first kappa shape index (κ1) is 21.2. The lowest BCUT2D eigenvalue weighted by Crippen LogP contribution is -2.47. The smallest absolute Gasteiger partial charge is 0.173 e. The van der Waals surface area contributed by atoms with Crippen molar-refractivity contribution in [2.45, 2.75) is 19.4 Å². The number of hydrogen-bond acceptors (Lipinski definition) is 5. The molecule has 1 saturated heterocycles. The Morgan fingerprint density at radius 3 is 2.03 bits per heavy atom. The molecule has 1 N–H and O–H groups in total. The molecule has 0 radical (unpaired) electrons. The van der Waals surface area contributed by atoms with Gasteiger partial charge < -0.3 is 15.0 Å². The summed E-state index contributed by atoms with van der Waals surface area (Å²) >= 11 is 0. The predicted molar refractivity (Wildman–Crippen MR) is 128 cm³/mol. The highest BCUT2D eigenvalue weighted by Gasteiger charge is 2.22. The first-order valence-electron chi connectivity index (χ1n) is 11.2. The summed E-state index contributed by atoms with van der Waals surface area (Å²) in [4.78, 5) is 9.86. The average Bonchev–Trinajstić information content (AvgIpc) is 2.84. The average molecular weight is 417 g/mol. The zero-order valence-electron chi connectivity index (χ0n) is 18.5. The summed E-state index contributed by atoms with van der Waals surface area (Å²) in [5, 5.41) is 3.67. The Balaban J connectivity index is 1.59. The van der Waals surface area contributed by atoms with E-state index in [0.717, 1.165) is 50.1 Å². The van der Waals surface area contributed by atoms with Crippen molar-refractivity contribution in [3.05, 3.63) is 83.9 Å². The second-order valence-electron chi connectivity index (χ2n) is 7.95. The largest absolute Gasteiger partial charge is 0.493 e. The highest BCUT2D eigenvalue weighted by molar-refractivity contribution is 5.59. The van der Waals surface area contributed by atoms with E-state index in [-0.39, 0.29) is 6.04 Å². The maximum atomic E-state index is 5.66. The summed E-state index contributed by atoms with van der Waals surface area (Å²) in [5.74, 6) is 2.60. The summed E-state index contributed by atoms with van der Waals surface area (Å²) < 4.78 is 5.66. The van der Waals surface area contributed by atoms with Gasteiger partial charge in [0.05, 0.1) is 13.2 Å². The van der Waals surface area contributed by atoms with Crippen LogP contribution >= 0.6 is 0 Å². The van der Waals surface area contributed by atoms with Crippen LogP contribution < -0.4 is 15.0 Å². The van der Waals surface area contributed by atoms with Crippen LogP contribution in [0.1, 0.15) is 30.5 Å². The predicted octanol–water partition coefficient (Wildman–Crippen LogP) is 4.82. The Morgan fingerprint density at radius 2 is 1.48 bits per heavy atom. The van der Waals surface area contributed by atoms with Crippen molar-refractivity contribution in [3.8, 4) is 5.75 Å². The Kier molecular flexibility index (Phi) is 7.05. The van der Waals surface area contributed by atoms with Crippen LogP contribution in [0.25, 0.3) is 0 Å². The minimum Gasteiger partial charge on any atom is -0.493 e. The first-order valence-corrected chi connectivity index (χ1v) is 11.2. The summed E-state index contributed by atoms with van der Waals surface area (Å²) in [6.45, 7) is 7.46. The molecule has 5 nitrogen and oxygen atoms in total. The molecule has 1 aromatic heterocycles. The van der Waals surface area contributed by atoms with Crippen molar-refractivity contribution in [3.63, 3.8) is 0 Å². The minimum absolute atomic E-state index is 0.0255. The standard InChI is InChI=1S/C26H32N4O/c1-3-16-29-17-19-30(20-18-29)26-23(31-2)14-15-24(28-26)27-25(21-10-6-4-7-11-21)22-12-8-5-9-13-22/h4-15,25H,3,16-20H2,1-2H3,(H,27,28). The molecule has 0 aliphatic carbocycles. The maximum Gasteiger partial charge on any atom is 0.173 e. The van der Waals surface area contributed by atoms with Crippen molar-refractivity contribution in [1.29, 1.82) is 0 Å². The molecule has 162 valence electrons. The van der Waals surface area contributed by atoms with E-state index in [2.05, 4.69) is 70.6 Å². The molecule has 0 spiro atoms. The van der Waals surface area contributed by atoms with E-state index < -0.39 is 0 Å². The number of piperazine rings is 1. The van der Waals surface area contributed by atoms with Crippen LogP contribution in [0.2, 0.25) is 0 Å². The molecule has 2 aromatic carbocycles. The number of pyridine rings is 1. The van der Waals surface area contributed by atoms with E-state index in [0.29, 0.717) is 0 Å². The Bertz CT molecular complexity index is 901. The second-order valence-corrected chi connectivity index (χ2v) is 7.95. The zero-order valence-corrected chi connectivity index (χ0v) is 18.5. The number of anilines is 2. The fourth-order valence-electron chi connectivity index (χ4n) is 4.20. The van der Waals surface area contributed by atoms with Crippen LogP contribution in [0.5, 0.6) is 5.75 Å². The Labute approximate surface area is 185 Å². The highest BCUT2D eigenvalue weighted by atomic mass is 16.5. The molecule has 0 saturated carbocycles. The van der Waals surface area contributed by atoms with E-state index in [1.54, 1.807) is 7.11 Å². The van der Waals surface area contributed by atoms with E-state index in [1.807, 2.05) is 24.3 Å². The molecular formula is C26H32N4O. The van der Waals surface area contributed by atoms with Crippen LogP contribution in [0, 0.1) is 0 Å². The van der Waals surface area contributed by atoms with Gasteiger partial charge in [0.2, 0.25) is 0 Å². The number of hydrogen-bond donors (Lipinski definition) is 1. The van der Waals surface area contributed by atoms with Crippen LogP contribution in [0.4, 0.5) is 11.6 Å². The van der Waals surface area contributed by atoms with Crippen LogP contribution in [-0.2, 0) is 0 Å². The van der Waals surface area contributed by atoms with Crippen molar-refractivity contribution in [2.24, 2.45) is 0 Å². The molecule has 5 heteroatoms. The topological polar surface area (TPSA) is 40.6 Å². The SMILES string of the molecule is CCCN1CCN(c2nc(NC(c3ccccc3)c3ccccc3)ccc2OC)CC1. The van der Waals surface area contributed by atoms with Gasteiger partial charge in [0.15, 0.2) is 11.6 Å². The lowest BCUT2D eigenvalue weighted by molar-refractivity contribution is 0.257. The van der Waals surface area contributed by atoms with Gasteiger partial charge in [-0.1, -0.05) is 67.6 Å². The van der Waals surface area contributed by atoms with Crippen molar-refractivity contribution in [2.75, 3.05) is 50.1 Å². The summed E-state index contributed by atoms with van der Waals surface area (Å²) in [5.41, 5.74) is 2.42. The van der Waals surface area contributed by atoms with Gasteiger partial charge in [-0.2, -0.15) is 0 Å². The van der Waals surface area contributed by atoms with Gasteiger partial charge in [-0.3, -0.25) is 4.90 Å². The van der Waals surface area contributed by atoms with Gasteiger partial charge in [0, 0.05) is 26.2 Å². The van der Waals surface area contributed by atoms with E-state index in [4.69, 9.17) is 9.72 Å². The van der Waals surface area contributed by atoms with Gasteiger partial charge in [0.25, 0.3) is 0 Å².